The first-order valence-corrected chi connectivity index (χ1v) is 9.85. The largest absolute Gasteiger partial charge is 0.372 e. The monoisotopic (exact) mass is 371 g/mol. The Morgan fingerprint density at radius 1 is 1.07 bits per heavy atom. The molecule has 1 aliphatic rings. The number of aryl methyl sites for hydroxylation is 1. The second kappa shape index (κ2) is 8.26. The van der Waals surface area contributed by atoms with Crippen LogP contribution in [0.2, 0.25) is 0 Å². The van der Waals surface area contributed by atoms with E-state index >= 15 is 0 Å². The Morgan fingerprint density at radius 3 is 2.68 bits per heavy atom. The fourth-order valence-corrected chi connectivity index (χ4v) is 3.81. The maximum atomic E-state index is 12.3. The van der Waals surface area contributed by atoms with E-state index in [1.54, 1.807) is 6.21 Å². The fraction of sp³-hybridized carbons (Fsp3) is 0.250. The van der Waals surface area contributed by atoms with Crippen molar-refractivity contribution in [1.82, 2.24) is 5.43 Å². The summed E-state index contributed by atoms with van der Waals surface area (Å²) in [5.41, 5.74) is 7.13. The quantitative estimate of drug-likeness (QED) is 0.532. The minimum absolute atomic E-state index is 0.112. The van der Waals surface area contributed by atoms with Gasteiger partial charge in [-0.3, -0.25) is 4.79 Å². The Kier molecular flexibility index (Phi) is 5.38. The SMILES string of the molecule is Cc1cc(N2CCCC2)ccc1/C=N/NC(=O)Cc1cccc2ccccc12. The molecular formula is C24H25N3O. The summed E-state index contributed by atoms with van der Waals surface area (Å²) in [5.74, 6) is -0.112. The first-order chi connectivity index (χ1) is 13.7. The second-order valence-corrected chi connectivity index (χ2v) is 7.34. The maximum absolute atomic E-state index is 12.3. The van der Waals surface area contributed by atoms with Crippen LogP contribution < -0.4 is 10.3 Å². The number of carbonyl (C=O) groups is 1. The van der Waals surface area contributed by atoms with Gasteiger partial charge in [-0.15, -0.1) is 0 Å². The van der Waals surface area contributed by atoms with Crippen LogP contribution >= 0.6 is 0 Å². The van der Waals surface area contributed by atoms with E-state index in [-0.39, 0.29) is 5.91 Å². The van der Waals surface area contributed by atoms with Crippen molar-refractivity contribution in [3.63, 3.8) is 0 Å². The zero-order chi connectivity index (χ0) is 19.3. The number of benzene rings is 3. The van der Waals surface area contributed by atoms with Gasteiger partial charge in [-0.25, -0.2) is 5.43 Å². The molecular weight excluding hydrogens is 346 g/mol. The van der Waals surface area contributed by atoms with Gasteiger partial charge in [0.05, 0.1) is 12.6 Å². The number of fused-ring (bicyclic) bond motifs is 1. The van der Waals surface area contributed by atoms with Gasteiger partial charge in [0.2, 0.25) is 5.91 Å². The Hall–Kier alpha value is -3.14. The van der Waals surface area contributed by atoms with Crippen LogP contribution in [-0.2, 0) is 11.2 Å². The van der Waals surface area contributed by atoms with Crippen molar-refractivity contribution in [3.05, 3.63) is 77.4 Å². The lowest BCUT2D eigenvalue weighted by atomic mass is 10.0. The van der Waals surface area contributed by atoms with E-state index in [0.717, 1.165) is 40.6 Å². The summed E-state index contributed by atoms with van der Waals surface area (Å²) in [7, 11) is 0. The highest BCUT2D eigenvalue weighted by atomic mass is 16.2. The van der Waals surface area contributed by atoms with E-state index in [9.17, 15) is 4.79 Å². The summed E-state index contributed by atoms with van der Waals surface area (Å²) >= 11 is 0. The summed E-state index contributed by atoms with van der Waals surface area (Å²) in [4.78, 5) is 14.7. The van der Waals surface area contributed by atoms with Crippen LogP contribution in [-0.4, -0.2) is 25.2 Å². The van der Waals surface area contributed by atoms with E-state index in [2.05, 4.69) is 52.7 Å². The molecule has 3 aromatic rings. The van der Waals surface area contributed by atoms with Crippen molar-refractivity contribution in [2.24, 2.45) is 5.10 Å². The summed E-state index contributed by atoms with van der Waals surface area (Å²) in [5, 5.41) is 6.42. The summed E-state index contributed by atoms with van der Waals surface area (Å²) in [6, 6.07) is 20.6. The van der Waals surface area contributed by atoms with Crippen LogP contribution in [0.25, 0.3) is 10.8 Å². The predicted molar refractivity (Wildman–Crippen MR) is 116 cm³/mol. The van der Waals surface area contributed by atoms with Crippen LogP contribution in [0.1, 0.15) is 29.5 Å². The van der Waals surface area contributed by atoms with Crippen LogP contribution in [0.5, 0.6) is 0 Å². The van der Waals surface area contributed by atoms with Gasteiger partial charge < -0.3 is 4.90 Å². The first-order valence-electron chi connectivity index (χ1n) is 9.85. The molecule has 1 heterocycles. The van der Waals surface area contributed by atoms with Gasteiger partial charge in [-0.1, -0.05) is 48.5 Å². The van der Waals surface area contributed by atoms with Gasteiger partial charge >= 0.3 is 0 Å². The van der Waals surface area contributed by atoms with E-state index < -0.39 is 0 Å². The zero-order valence-corrected chi connectivity index (χ0v) is 16.2. The molecule has 0 saturated carbocycles. The van der Waals surface area contributed by atoms with Crippen LogP contribution in [0.4, 0.5) is 5.69 Å². The van der Waals surface area contributed by atoms with Crippen molar-refractivity contribution in [1.29, 1.82) is 0 Å². The van der Waals surface area contributed by atoms with E-state index in [1.807, 2.05) is 30.3 Å². The van der Waals surface area contributed by atoms with Gasteiger partial charge in [-0.05, 0) is 59.4 Å². The summed E-state index contributed by atoms with van der Waals surface area (Å²) < 4.78 is 0. The fourth-order valence-electron chi connectivity index (χ4n) is 3.81. The molecule has 0 aromatic heterocycles. The third-order valence-electron chi connectivity index (χ3n) is 5.35. The van der Waals surface area contributed by atoms with Crippen molar-refractivity contribution in [3.8, 4) is 0 Å². The smallest absolute Gasteiger partial charge is 0.244 e. The lowest BCUT2D eigenvalue weighted by Gasteiger charge is -2.18. The Labute approximate surface area is 165 Å². The molecule has 1 aliphatic heterocycles. The lowest BCUT2D eigenvalue weighted by molar-refractivity contribution is -0.120. The van der Waals surface area contributed by atoms with Crippen molar-refractivity contribution in [2.45, 2.75) is 26.2 Å². The standard InChI is InChI=1S/C24H25N3O/c1-18-15-22(27-13-4-5-14-27)12-11-21(18)17-25-26-24(28)16-20-9-6-8-19-7-2-3-10-23(19)20/h2-3,6-12,15,17H,4-5,13-14,16H2,1H3,(H,26,28)/b25-17+. The summed E-state index contributed by atoms with van der Waals surface area (Å²) in [6.45, 7) is 4.35. The first kappa shape index (κ1) is 18.2. The minimum atomic E-state index is -0.112. The highest BCUT2D eigenvalue weighted by Crippen LogP contribution is 2.22. The number of carbonyl (C=O) groups excluding carboxylic acids is 1. The number of amides is 1. The normalized spacial score (nSPS) is 14.1. The molecule has 142 valence electrons. The number of hydrogen-bond donors (Lipinski definition) is 1. The minimum Gasteiger partial charge on any atom is -0.372 e. The molecule has 0 spiro atoms. The van der Waals surface area contributed by atoms with Gasteiger partial charge in [-0.2, -0.15) is 5.10 Å². The molecule has 4 rings (SSSR count). The van der Waals surface area contributed by atoms with Crippen LogP contribution in [0.3, 0.4) is 0 Å². The molecule has 0 unspecified atom stereocenters. The molecule has 4 heteroatoms. The lowest BCUT2D eigenvalue weighted by Crippen LogP contribution is -2.20. The molecule has 0 radical (unpaired) electrons. The van der Waals surface area contributed by atoms with Gasteiger partial charge in [0.25, 0.3) is 0 Å². The van der Waals surface area contributed by atoms with E-state index in [4.69, 9.17) is 0 Å². The van der Waals surface area contributed by atoms with Crippen LogP contribution in [0, 0.1) is 6.92 Å². The molecule has 4 nitrogen and oxygen atoms in total. The van der Waals surface area contributed by atoms with Crippen molar-refractivity contribution >= 4 is 28.6 Å². The molecule has 0 aliphatic carbocycles. The highest BCUT2D eigenvalue weighted by molar-refractivity contribution is 5.91. The molecule has 3 aromatic carbocycles. The van der Waals surface area contributed by atoms with Crippen LogP contribution in [0.15, 0.2) is 65.8 Å². The number of hydrazone groups is 1. The number of anilines is 1. The zero-order valence-electron chi connectivity index (χ0n) is 16.2. The van der Waals surface area contributed by atoms with Gasteiger partial charge in [0.15, 0.2) is 0 Å². The molecule has 1 saturated heterocycles. The average molecular weight is 371 g/mol. The van der Waals surface area contributed by atoms with E-state index in [0.29, 0.717) is 6.42 Å². The molecule has 1 fully saturated rings. The van der Waals surface area contributed by atoms with Gasteiger partial charge in [0, 0.05) is 18.8 Å². The third-order valence-corrected chi connectivity index (χ3v) is 5.35. The molecule has 28 heavy (non-hydrogen) atoms. The molecule has 0 bridgehead atoms. The number of hydrogen-bond acceptors (Lipinski definition) is 3. The summed E-state index contributed by atoms with van der Waals surface area (Å²) in [6.07, 6.45) is 4.58. The predicted octanol–water partition coefficient (Wildman–Crippen LogP) is 4.44. The number of rotatable bonds is 5. The molecule has 1 N–H and O–H groups in total. The second-order valence-electron chi connectivity index (χ2n) is 7.34. The van der Waals surface area contributed by atoms with Crippen molar-refractivity contribution in [2.75, 3.05) is 18.0 Å². The Bertz CT molecular complexity index is 1010. The number of nitrogens with one attached hydrogen (secondary N) is 1. The third kappa shape index (κ3) is 4.06. The van der Waals surface area contributed by atoms with Gasteiger partial charge in [0.1, 0.15) is 0 Å². The molecule has 1 amide bonds. The van der Waals surface area contributed by atoms with Crippen molar-refractivity contribution < 1.29 is 4.79 Å². The topological polar surface area (TPSA) is 44.7 Å². The average Bonchev–Trinajstić information content (AvgIpc) is 3.24. The molecule has 0 atom stereocenters. The Balaban J connectivity index is 1.39. The maximum Gasteiger partial charge on any atom is 0.244 e. The highest BCUT2D eigenvalue weighted by Gasteiger charge is 2.12. The Morgan fingerprint density at radius 2 is 1.86 bits per heavy atom. The number of nitrogens with zero attached hydrogens (tertiary/aromatic N) is 2. The van der Waals surface area contributed by atoms with E-state index in [1.165, 1.54) is 18.5 Å².